The number of halogens is 1. The van der Waals surface area contributed by atoms with Gasteiger partial charge in [-0.3, -0.25) is 9.69 Å². The van der Waals surface area contributed by atoms with Crippen molar-refractivity contribution in [1.29, 1.82) is 0 Å². The Morgan fingerprint density at radius 1 is 1.43 bits per heavy atom. The molecule has 5 atom stereocenters. The lowest BCUT2D eigenvalue weighted by atomic mass is 9.89. The molecule has 1 spiro atoms. The molecule has 1 heterocycles. The number of rotatable bonds is 3. The second kappa shape index (κ2) is 5.53. The van der Waals surface area contributed by atoms with Gasteiger partial charge in [0.2, 0.25) is 5.91 Å². The van der Waals surface area contributed by atoms with Crippen LogP contribution in [0, 0.1) is 5.92 Å². The van der Waals surface area contributed by atoms with Gasteiger partial charge in [0.05, 0.1) is 5.54 Å². The number of hydrogen-bond acceptors (Lipinski definition) is 4. The van der Waals surface area contributed by atoms with Crippen molar-refractivity contribution in [3.8, 4) is 0 Å². The predicted molar refractivity (Wildman–Crippen MR) is 93.1 cm³/mol. The first-order chi connectivity index (χ1) is 11.0. The van der Waals surface area contributed by atoms with Crippen molar-refractivity contribution < 1.29 is 14.6 Å². The number of fused-ring (bicyclic) bond motifs is 1. The Bertz CT molecular complexity index is 654. The van der Waals surface area contributed by atoms with E-state index in [-0.39, 0.29) is 22.7 Å². The summed E-state index contributed by atoms with van der Waals surface area (Å²) >= 11 is 8.72. The van der Waals surface area contributed by atoms with Gasteiger partial charge < -0.3 is 9.84 Å². The van der Waals surface area contributed by atoms with Crippen LogP contribution in [0.5, 0.6) is 0 Å². The van der Waals surface area contributed by atoms with Crippen molar-refractivity contribution in [2.75, 3.05) is 0 Å². The van der Waals surface area contributed by atoms with Crippen LogP contribution < -0.4 is 0 Å². The standard InChI is InChI=1S/C17H18BrNO3S/c18-13(14(20)11-4-2-1-3-5-11)15(21)19-16(23)22-12-8-10-6-7-17(12,19)9-10/h1-5,10,12-14,20H,6-9H2/t10-,12+,13+,14-,17-/m0/s1. The van der Waals surface area contributed by atoms with Crippen LogP contribution in [-0.4, -0.2) is 37.6 Å². The van der Waals surface area contributed by atoms with Crippen LogP contribution in [0.2, 0.25) is 0 Å². The van der Waals surface area contributed by atoms with Gasteiger partial charge in [-0.25, -0.2) is 0 Å². The van der Waals surface area contributed by atoms with Gasteiger partial charge in [-0.15, -0.1) is 0 Å². The smallest absolute Gasteiger partial charge is 0.267 e. The zero-order valence-corrected chi connectivity index (χ0v) is 14.9. The van der Waals surface area contributed by atoms with Crippen molar-refractivity contribution in [3.63, 3.8) is 0 Å². The molecule has 1 amide bonds. The van der Waals surface area contributed by atoms with Gasteiger partial charge in [-0.05, 0) is 49.4 Å². The van der Waals surface area contributed by atoms with Crippen LogP contribution in [-0.2, 0) is 9.53 Å². The Balaban J connectivity index is 1.60. The minimum Gasteiger partial charge on any atom is -0.465 e. The SMILES string of the molecule is O=C([C@H](Br)[C@@H](O)c1ccccc1)N1C(=S)O[C@@H]2C[C@@H]3CC[C@]21C3. The maximum atomic E-state index is 13.0. The molecule has 0 unspecified atom stereocenters. The zero-order chi connectivity index (χ0) is 16.2. The summed E-state index contributed by atoms with van der Waals surface area (Å²) in [5.41, 5.74) is 0.430. The lowest BCUT2D eigenvalue weighted by Gasteiger charge is -2.34. The van der Waals surface area contributed by atoms with Crippen molar-refractivity contribution in [3.05, 3.63) is 35.9 Å². The molecule has 6 heteroatoms. The van der Waals surface area contributed by atoms with Crippen LogP contribution in [0.3, 0.4) is 0 Å². The average Bonchev–Trinajstić information content (AvgIpc) is 3.20. The highest BCUT2D eigenvalue weighted by Gasteiger charge is 2.64. The number of aliphatic hydroxyl groups excluding tert-OH is 1. The molecule has 1 saturated heterocycles. The molecule has 0 radical (unpaired) electrons. The molecule has 3 fully saturated rings. The number of aliphatic hydroxyl groups is 1. The van der Waals surface area contributed by atoms with Crippen LogP contribution in [0.25, 0.3) is 0 Å². The largest absolute Gasteiger partial charge is 0.465 e. The first-order valence-corrected chi connectivity index (χ1v) is 9.27. The molecule has 122 valence electrons. The Morgan fingerprint density at radius 2 is 2.17 bits per heavy atom. The highest BCUT2D eigenvalue weighted by molar-refractivity contribution is 9.10. The molecule has 23 heavy (non-hydrogen) atoms. The Labute approximate surface area is 148 Å². The lowest BCUT2D eigenvalue weighted by Crippen LogP contribution is -2.53. The fourth-order valence-electron chi connectivity index (χ4n) is 4.42. The second-order valence-corrected chi connectivity index (χ2v) is 8.09. The van der Waals surface area contributed by atoms with Crippen LogP contribution >= 0.6 is 28.1 Å². The average molecular weight is 396 g/mol. The number of amides is 1. The van der Waals surface area contributed by atoms with Crippen LogP contribution in [0.4, 0.5) is 0 Å². The van der Waals surface area contributed by atoms with Crippen molar-refractivity contribution >= 4 is 39.2 Å². The Hall–Kier alpha value is -0.980. The molecule has 4 rings (SSSR count). The summed E-state index contributed by atoms with van der Waals surface area (Å²) in [6.45, 7) is 0. The second-order valence-electron chi connectivity index (χ2n) is 6.75. The summed E-state index contributed by atoms with van der Waals surface area (Å²) in [5, 5.41) is 10.8. The highest BCUT2D eigenvalue weighted by Crippen LogP contribution is 2.56. The molecular weight excluding hydrogens is 378 g/mol. The number of hydrogen-bond donors (Lipinski definition) is 1. The van der Waals surface area contributed by atoms with E-state index < -0.39 is 10.9 Å². The summed E-state index contributed by atoms with van der Waals surface area (Å²) in [4.78, 5) is 14.0. The van der Waals surface area contributed by atoms with Gasteiger partial charge in [0.15, 0.2) is 0 Å². The molecule has 2 bridgehead atoms. The molecule has 2 aliphatic carbocycles. The van der Waals surface area contributed by atoms with E-state index in [0.29, 0.717) is 11.5 Å². The highest BCUT2D eigenvalue weighted by atomic mass is 79.9. The minimum absolute atomic E-state index is 0.0336. The lowest BCUT2D eigenvalue weighted by molar-refractivity contribution is -0.132. The number of nitrogens with zero attached hydrogens (tertiary/aromatic N) is 1. The molecule has 2 saturated carbocycles. The quantitative estimate of drug-likeness (QED) is 0.631. The van der Waals surface area contributed by atoms with E-state index in [2.05, 4.69) is 15.9 Å². The number of ether oxygens (including phenoxy) is 1. The number of alkyl halides is 1. The number of carbonyl (C=O) groups excluding carboxylic acids is 1. The summed E-state index contributed by atoms with van der Waals surface area (Å²) in [6, 6.07) is 9.20. The van der Waals surface area contributed by atoms with Crippen molar-refractivity contribution in [1.82, 2.24) is 4.90 Å². The van der Waals surface area contributed by atoms with E-state index in [1.54, 1.807) is 4.90 Å². The third-order valence-corrected chi connectivity index (χ3v) is 6.69. The Morgan fingerprint density at radius 3 is 2.87 bits per heavy atom. The van der Waals surface area contributed by atoms with Gasteiger partial charge in [-0.1, -0.05) is 46.3 Å². The van der Waals surface area contributed by atoms with Gasteiger partial charge in [0, 0.05) is 0 Å². The van der Waals surface area contributed by atoms with Crippen LogP contribution in [0.1, 0.15) is 37.4 Å². The molecule has 1 aliphatic heterocycles. The van der Waals surface area contributed by atoms with E-state index in [0.717, 1.165) is 25.7 Å². The molecule has 1 N–H and O–H groups in total. The van der Waals surface area contributed by atoms with Gasteiger partial charge in [-0.2, -0.15) is 0 Å². The minimum atomic E-state index is -0.916. The van der Waals surface area contributed by atoms with E-state index in [1.165, 1.54) is 0 Å². The maximum Gasteiger partial charge on any atom is 0.267 e. The number of benzene rings is 1. The van der Waals surface area contributed by atoms with Gasteiger partial charge >= 0.3 is 0 Å². The van der Waals surface area contributed by atoms with Crippen molar-refractivity contribution in [2.45, 2.75) is 48.3 Å². The third kappa shape index (κ3) is 2.26. The van der Waals surface area contributed by atoms with Crippen molar-refractivity contribution in [2.24, 2.45) is 5.92 Å². The molecule has 1 aromatic carbocycles. The maximum absolute atomic E-state index is 13.0. The van der Waals surface area contributed by atoms with Gasteiger partial charge in [0.1, 0.15) is 17.0 Å². The Kier molecular flexibility index (Phi) is 3.74. The summed E-state index contributed by atoms with van der Waals surface area (Å²) < 4.78 is 5.81. The normalized spacial score (nSPS) is 34.2. The molecular formula is C17H18BrNO3S. The topological polar surface area (TPSA) is 49.8 Å². The van der Waals surface area contributed by atoms with Gasteiger partial charge in [0.25, 0.3) is 5.17 Å². The first kappa shape index (κ1) is 15.5. The van der Waals surface area contributed by atoms with E-state index in [9.17, 15) is 9.90 Å². The monoisotopic (exact) mass is 395 g/mol. The molecule has 1 aromatic rings. The molecule has 3 aliphatic rings. The number of carbonyl (C=O) groups is 1. The molecule has 0 aromatic heterocycles. The fourth-order valence-corrected chi connectivity index (χ4v) is 5.32. The van der Waals surface area contributed by atoms with E-state index in [4.69, 9.17) is 17.0 Å². The van der Waals surface area contributed by atoms with Crippen LogP contribution in [0.15, 0.2) is 30.3 Å². The fraction of sp³-hybridized carbons (Fsp3) is 0.529. The predicted octanol–water partition coefficient (Wildman–Crippen LogP) is 2.94. The summed E-state index contributed by atoms with van der Waals surface area (Å²) in [7, 11) is 0. The summed E-state index contributed by atoms with van der Waals surface area (Å²) in [6.07, 6.45) is 3.13. The first-order valence-electron chi connectivity index (χ1n) is 7.95. The number of thiocarbonyl (C=S) groups is 1. The molecule has 4 nitrogen and oxygen atoms in total. The van der Waals surface area contributed by atoms with E-state index >= 15 is 0 Å². The summed E-state index contributed by atoms with van der Waals surface area (Å²) in [5.74, 6) is 0.433. The van der Waals surface area contributed by atoms with E-state index in [1.807, 2.05) is 30.3 Å². The zero-order valence-electron chi connectivity index (χ0n) is 12.5. The third-order valence-electron chi connectivity index (χ3n) is 5.52.